The maximum Gasteiger partial charge on any atom is 0.412 e. The van der Waals surface area contributed by atoms with Crippen LogP contribution in [0.25, 0.3) is 21.6 Å². The molecule has 0 atom stereocenters. The standard InChI is InChI=1S/C24H26N4O3S/c1-6-28-16(4)26-19-12-17(8-10-20(19)28)13-31-24(29)27-22-15(3)25-23(32-22)18-9-7-14(2)11-21(18)30-5/h7-12H,6,13H2,1-5H3,(H,27,29). The number of anilines is 1. The molecule has 4 rings (SSSR count). The van der Waals surface area contributed by atoms with Gasteiger partial charge in [0.1, 0.15) is 28.2 Å². The van der Waals surface area contributed by atoms with Gasteiger partial charge in [0, 0.05) is 6.54 Å². The second kappa shape index (κ2) is 9.00. The van der Waals surface area contributed by atoms with Crippen LogP contribution in [-0.2, 0) is 17.9 Å². The minimum Gasteiger partial charge on any atom is -0.496 e. The highest BCUT2D eigenvalue weighted by Crippen LogP contribution is 2.37. The van der Waals surface area contributed by atoms with Crippen LogP contribution >= 0.6 is 11.3 Å². The Morgan fingerprint density at radius 1 is 1.12 bits per heavy atom. The van der Waals surface area contributed by atoms with Crippen LogP contribution in [0.2, 0.25) is 0 Å². The molecule has 32 heavy (non-hydrogen) atoms. The van der Waals surface area contributed by atoms with E-state index in [1.54, 1.807) is 7.11 Å². The van der Waals surface area contributed by atoms with E-state index in [9.17, 15) is 4.79 Å². The van der Waals surface area contributed by atoms with Gasteiger partial charge in [0.15, 0.2) is 0 Å². The van der Waals surface area contributed by atoms with Crippen LogP contribution in [0.4, 0.5) is 9.80 Å². The first-order valence-electron chi connectivity index (χ1n) is 10.4. The van der Waals surface area contributed by atoms with Gasteiger partial charge in [-0.25, -0.2) is 14.8 Å². The van der Waals surface area contributed by atoms with E-state index in [1.807, 2.05) is 57.2 Å². The van der Waals surface area contributed by atoms with Gasteiger partial charge in [-0.05, 0) is 63.1 Å². The van der Waals surface area contributed by atoms with Crippen molar-refractivity contribution in [2.24, 2.45) is 0 Å². The number of aromatic nitrogens is 3. The normalized spacial score (nSPS) is 11.0. The van der Waals surface area contributed by atoms with Crippen LogP contribution in [-0.4, -0.2) is 27.7 Å². The van der Waals surface area contributed by atoms with Crippen molar-refractivity contribution < 1.29 is 14.3 Å². The van der Waals surface area contributed by atoms with Crippen LogP contribution in [0.3, 0.4) is 0 Å². The highest BCUT2D eigenvalue weighted by molar-refractivity contribution is 7.19. The number of aryl methyl sites for hydroxylation is 4. The molecule has 0 saturated carbocycles. The first kappa shape index (κ1) is 21.8. The lowest BCUT2D eigenvalue weighted by molar-refractivity contribution is 0.155. The highest BCUT2D eigenvalue weighted by atomic mass is 32.1. The zero-order chi connectivity index (χ0) is 22.8. The van der Waals surface area contributed by atoms with Crippen molar-refractivity contribution in [3.05, 3.63) is 59.0 Å². The smallest absolute Gasteiger partial charge is 0.412 e. The van der Waals surface area contributed by atoms with Crippen LogP contribution in [0.5, 0.6) is 5.75 Å². The number of amides is 1. The van der Waals surface area contributed by atoms with E-state index < -0.39 is 6.09 Å². The third-order valence-electron chi connectivity index (χ3n) is 5.29. The molecule has 0 spiro atoms. The lowest BCUT2D eigenvalue weighted by Crippen LogP contribution is -2.13. The van der Waals surface area contributed by atoms with Crippen molar-refractivity contribution in [2.45, 2.75) is 40.8 Å². The third-order valence-corrected chi connectivity index (χ3v) is 6.40. The molecule has 0 saturated heterocycles. The predicted molar refractivity (Wildman–Crippen MR) is 128 cm³/mol. The number of imidazole rings is 1. The van der Waals surface area contributed by atoms with Gasteiger partial charge in [-0.1, -0.05) is 23.5 Å². The first-order valence-corrected chi connectivity index (χ1v) is 11.2. The molecule has 0 fully saturated rings. The number of hydrogen-bond acceptors (Lipinski definition) is 6. The molecule has 8 heteroatoms. The zero-order valence-electron chi connectivity index (χ0n) is 18.9. The Kier molecular flexibility index (Phi) is 6.14. The first-order chi connectivity index (χ1) is 15.4. The molecule has 166 valence electrons. The number of nitrogens with one attached hydrogen (secondary N) is 1. The summed E-state index contributed by atoms with van der Waals surface area (Å²) < 4.78 is 13.1. The SMILES string of the molecule is CCn1c(C)nc2cc(COC(=O)Nc3sc(-c4ccc(C)cc4OC)nc3C)ccc21. The van der Waals surface area contributed by atoms with Crippen molar-refractivity contribution in [1.29, 1.82) is 0 Å². The second-order valence-corrected chi connectivity index (χ2v) is 8.56. The second-order valence-electron chi connectivity index (χ2n) is 7.56. The van der Waals surface area contributed by atoms with E-state index in [1.165, 1.54) is 11.3 Å². The van der Waals surface area contributed by atoms with Gasteiger partial charge in [0.05, 0.1) is 29.4 Å². The molecule has 0 aliphatic carbocycles. The van der Waals surface area contributed by atoms with Crippen molar-refractivity contribution in [3.63, 3.8) is 0 Å². The van der Waals surface area contributed by atoms with E-state index in [0.717, 1.165) is 56.5 Å². The van der Waals surface area contributed by atoms with E-state index >= 15 is 0 Å². The van der Waals surface area contributed by atoms with Crippen molar-refractivity contribution in [3.8, 4) is 16.3 Å². The monoisotopic (exact) mass is 450 g/mol. The lowest BCUT2D eigenvalue weighted by Gasteiger charge is -2.07. The van der Waals surface area contributed by atoms with E-state index in [2.05, 4.69) is 26.8 Å². The Morgan fingerprint density at radius 2 is 1.94 bits per heavy atom. The average molecular weight is 451 g/mol. The molecular weight excluding hydrogens is 424 g/mol. The molecule has 0 radical (unpaired) electrons. The highest BCUT2D eigenvalue weighted by Gasteiger charge is 2.16. The summed E-state index contributed by atoms with van der Waals surface area (Å²) in [5.41, 5.74) is 5.60. The minimum atomic E-state index is -0.519. The summed E-state index contributed by atoms with van der Waals surface area (Å²) in [7, 11) is 1.64. The lowest BCUT2D eigenvalue weighted by atomic mass is 10.1. The summed E-state index contributed by atoms with van der Waals surface area (Å²) in [6.07, 6.45) is -0.519. The van der Waals surface area contributed by atoms with Gasteiger partial charge in [-0.15, -0.1) is 0 Å². The molecule has 4 aromatic rings. The van der Waals surface area contributed by atoms with Gasteiger partial charge in [0.25, 0.3) is 0 Å². The number of ether oxygens (including phenoxy) is 2. The summed E-state index contributed by atoms with van der Waals surface area (Å²) in [6, 6.07) is 11.9. The number of benzene rings is 2. The molecule has 0 aliphatic heterocycles. The fourth-order valence-corrected chi connectivity index (χ4v) is 4.65. The average Bonchev–Trinajstić information content (AvgIpc) is 3.29. The Bertz CT molecular complexity index is 1290. The number of carbonyl (C=O) groups excluding carboxylic acids is 1. The van der Waals surface area contributed by atoms with Gasteiger partial charge in [-0.3, -0.25) is 5.32 Å². The summed E-state index contributed by atoms with van der Waals surface area (Å²) in [5.74, 6) is 1.73. The number of rotatable bonds is 6. The molecule has 1 N–H and O–H groups in total. The largest absolute Gasteiger partial charge is 0.496 e. The third kappa shape index (κ3) is 4.31. The van der Waals surface area contributed by atoms with E-state index in [0.29, 0.717) is 5.00 Å². The summed E-state index contributed by atoms with van der Waals surface area (Å²) in [6.45, 7) is 8.98. The quantitative estimate of drug-likeness (QED) is 0.398. The Labute approximate surface area is 191 Å². The van der Waals surface area contributed by atoms with Crippen molar-refractivity contribution >= 4 is 33.5 Å². The van der Waals surface area contributed by atoms with Gasteiger partial charge >= 0.3 is 6.09 Å². The maximum atomic E-state index is 12.4. The van der Waals surface area contributed by atoms with Crippen LogP contribution < -0.4 is 10.1 Å². The topological polar surface area (TPSA) is 78.3 Å². The molecular formula is C24H26N4O3S. The van der Waals surface area contributed by atoms with Crippen LogP contribution in [0.15, 0.2) is 36.4 Å². The fraction of sp³-hybridized carbons (Fsp3) is 0.292. The summed E-state index contributed by atoms with van der Waals surface area (Å²) in [5, 5.41) is 4.25. The minimum absolute atomic E-state index is 0.163. The number of methoxy groups -OCH3 is 1. The number of carbonyl (C=O) groups is 1. The molecule has 0 aliphatic rings. The molecule has 2 heterocycles. The fourth-order valence-electron chi connectivity index (χ4n) is 3.67. The molecule has 2 aromatic carbocycles. The number of nitrogens with zero attached hydrogens (tertiary/aromatic N) is 3. The molecule has 7 nitrogen and oxygen atoms in total. The Balaban J connectivity index is 1.44. The molecule has 0 unspecified atom stereocenters. The number of thiazole rings is 1. The Morgan fingerprint density at radius 3 is 2.69 bits per heavy atom. The molecule has 2 aromatic heterocycles. The van der Waals surface area contributed by atoms with Crippen molar-refractivity contribution in [2.75, 3.05) is 12.4 Å². The zero-order valence-corrected chi connectivity index (χ0v) is 19.7. The predicted octanol–water partition coefficient (Wildman–Crippen LogP) is 5.86. The van der Waals surface area contributed by atoms with Crippen molar-refractivity contribution in [1.82, 2.24) is 14.5 Å². The van der Waals surface area contributed by atoms with Gasteiger partial charge < -0.3 is 14.0 Å². The molecule has 1 amide bonds. The Hall–Kier alpha value is -3.39. The number of fused-ring (bicyclic) bond motifs is 1. The molecule has 0 bridgehead atoms. The summed E-state index contributed by atoms with van der Waals surface area (Å²) >= 11 is 1.39. The van der Waals surface area contributed by atoms with E-state index in [4.69, 9.17) is 9.47 Å². The maximum absolute atomic E-state index is 12.4. The number of hydrogen-bond donors (Lipinski definition) is 1. The summed E-state index contributed by atoms with van der Waals surface area (Å²) in [4.78, 5) is 21.6. The van der Waals surface area contributed by atoms with Crippen LogP contribution in [0, 0.1) is 20.8 Å². The van der Waals surface area contributed by atoms with Crippen LogP contribution in [0.1, 0.15) is 29.6 Å². The van der Waals surface area contributed by atoms with Gasteiger partial charge in [0.2, 0.25) is 0 Å². The van der Waals surface area contributed by atoms with E-state index in [-0.39, 0.29) is 6.61 Å². The van der Waals surface area contributed by atoms with Gasteiger partial charge in [-0.2, -0.15) is 0 Å².